The third kappa shape index (κ3) is 2.87. The Balaban J connectivity index is 2.73. The molecule has 0 saturated carbocycles. The first-order valence-corrected chi connectivity index (χ1v) is 4.17. The molecule has 2 N–H and O–H groups in total. The van der Waals surface area contributed by atoms with Crippen molar-refractivity contribution >= 4 is 13.1 Å². The Kier molecular flexibility index (Phi) is 3.68. The Hall–Kier alpha value is -1.33. The predicted octanol–water partition coefficient (Wildman–Crippen LogP) is 0.0277. The van der Waals surface area contributed by atoms with Crippen molar-refractivity contribution in [2.45, 2.75) is 6.32 Å². The first-order valence-electron chi connectivity index (χ1n) is 4.17. The van der Waals surface area contributed by atoms with Crippen molar-refractivity contribution in [3.05, 3.63) is 35.4 Å². The van der Waals surface area contributed by atoms with E-state index >= 15 is 0 Å². The number of esters is 1. The van der Waals surface area contributed by atoms with Crippen LogP contribution >= 0.6 is 0 Å². The van der Waals surface area contributed by atoms with Gasteiger partial charge in [-0.25, -0.2) is 4.79 Å². The van der Waals surface area contributed by atoms with Crippen molar-refractivity contribution in [1.29, 1.82) is 0 Å². The van der Waals surface area contributed by atoms with Gasteiger partial charge in [0.05, 0.1) is 12.7 Å². The Morgan fingerprint density at radius 1 is 1.36 bits per heavy atom. The highest BCUT2D eigenvalue weighted by atomic mass is 16.5. The van der Waals surface area contributed by atoms with E-state index in [0.717, 1.165) is 5.56 Å². The van der Waals surface area contributed by atoms with Gasteiger partial charge in [0.25, 0.3) is 0 Å². The molecule has 0 fully saturated rings. The van der Waals surface area contributed by atoms with Crippen LogP contribution in [0.2, 0.25) is 0 Å². The fraction of sp³-hybridized carbons (Fsp3) is 0.222. The van der Waals surface area contributed by atoms with Crippen LogP contribution in [0.15, 0.2) is 24.3 Å². The molecule has 0 spiro atoms. The fourth-order valence-corrected chi connectivity index (χ4v) is 1.11. The Morgan fingerprint density at radius 3 is 2.36 bits per heavy atom. The molecule has 74 valence electrons. The highest BCUT2D eigenvalue weighted by Crippen LogP contribution is 2.06. The Labute approximate surface area is 82.3 Å². The number of carbonyl (C=O) groups excluding carboxylic acids is 1. The molecule has 1 aromatic rings. The summed E-state index contributed by atoms with van der Waals surface area (Å²) in [6, 6.07) is 6.49. The van der Waals surface area contributed by atoms with Crippen molar-refractivity contribution in [1.82, 2.24) is 0 Å². The molecule has 0 aromatic heterocycles. The summed E-state index contributed by atoms with van der Waals surface area (Å²) in [7, 11) is -0.0488. The lowest BCUT2D eigenvalue weighted by molar-refractivity contribution is 0.0600. The van der Waals surface area contributed by atoms with E-state index in [-0.39, 0.29) is 6.32 Å². The number of benzene rings is 1. The quantitative estimate of drug-likeness (QED) is 0.526. The standard InChI is InChI=1S/C9H11BO4/c1-14-9(11)8-4-2-7(3-5-8)6-10(12)13/h2-5,12-13H,6H2,1H3. The molecule has 1 aromatic carbocycles. The molecule has 0 aliphatic heterocycles. The lowest BCUT2D eigenvalue weighted by Crippen LogP contribution is -2.15. The second-order valence-corrected chi connectivity index (χ2v) is 2.87. The molecule has 0 aliphatic rings. The van der Waals surface area contributed by atoms with Gasteiger partial charge in [-0.05, 0) is 17.7 Å². The highest BCUT2D eigenvalue weighted by molar-refractivity contribution is 6.40. The van der Waals surface area contributed by atoms with E-state index in [1.807, 2.05) is 0 Å². The zero-order valence-corrected chi connectivity index (χ0v) is 7.80. The maximum atomic E-state index is 11.0. The average molecular weight is 194 g/mol. The first-order chi connectivity index (χ1) is 6.63. The Morgan fingerprint density at radius 2 is 1.93 bits per heavy atom. The fourth-order valence-electron chi connectivity index (χ4n) is 1.11. The van der Waals surface area contributed by atoms with E-state index in [2.05, 4.69) is 4.74 Å². The van der Waals surface area contributed by atoms with Gasteiger partial charge in [0.2, 0.25) is 0 Å². The second kappa shape index (κ2) is 4.78. The van der Waals surface area contributed by atoms with E-state index in [9.17, 15) is 4.79 Å². The SMILES string of the molecule is COC(=O)c1ccc(CB(O)O)cc1. The zero-order chi connectivity index (χ0) is 10.6. The number of hydrogen-bond donors (Lipinski definition) is 2. The van der Waals surface area contributed by atoms with Crippen LogP contribution < -0.4 is 0 Å². The van der Waals surface area contributed by atoms with E-state index in [0.29, 0.717) is 5.56 Å². The van der Waals surface area contributed by atoms with Gasteiger partial charge in [-0.2, -0.15) is 0 Å². The summed E-state index contributed by atoms with van der Waals surface area (Å²) >= 11 is 0. The smallest absolute Gasteiger partial charge is 0.456 e. The summed E-state index contributed by atoms with van der Waals surface area (Å²) in [4.78, 5) is 11.0. The maximum absolute atomic E-state index is 11.0. The number of rotatable bonds is 3. The molecule has 0 radical (unpaired) electrons. The molecule has 0 bridgehead atoms. The van der Waals surface area contributed by atoms with Gasteiger partial charge >= 0.3 is 13.1 Å². The van der Waals surface area contributed by atoms with Crippen LogP contribution in [-0.4, -0.2) is 30.2 Å². The summed E-state index contributed by atoms with van der Waals surface area (Å²) in [6.45, 7) is 0. The van der Waals surface area contributed by atoms with Crippen LogP contribution in [-0.2, 0) is 11.1 Å². The van der Waals surface area contributed by atoms with Crippen molar-refractivity contribution in [2.75, 3.05) is 7.11 Å². The topological polar surface area (TPSA) is 66.8 Å². The van der Waals surface area contributed by atoms with E-state index < -0.39 is 13.1 Å². The van der Waals surface area contributed by atoms with Gasteiger partial charge in [-0.15, -0.1) is 0 Å². The number of ether oxygens (including phenoxy) is 1. The molecule has 5 heteroatoms. The van der Waals surface area contributed by atoms with Crippen LogP contribution in [0.5, 0.6) is 0 Å². The summed E-state index contributed by atoms with van der Waals surface area (Å²) in [6.07, 6.45) is 0.154. The monoisotopic (exact) mass is 194 g/mol. The van der Waals surface area contributed by atoms with Gasteiger partial charge < -0.3 is 14.8 Å². The van der Waals surface area contributed by atoms with E-state index in [1.165, 1.54) is 7.11 Å². The Bertz CT molecular complexity index is 307. The van der Waals surface area contributed by atoms with Crippen molar-refractivity contribution in [2.24, 2.45) is 0 Å². The first kappa shape index (κ1) is 10.8. The van der Waals surface area contributed by atoms with Crippen molar-refractivity contribution < 1.29 is 19.6 Å². The normalized spacial score (nSPS) is 9.64. The van der Waals surface area contributed by atoms with E-state index in [4.69, 9.17) is 10.0 Å². The molecule has 0 heterocycles. The molecule has 0 atom stereocenters. The molecule has 0 amide bonds. The van der Waals surface area contributed by atoms with Gasteiger partial charge in [-0.3, -0.25) is 0 Å². The molecular formula is C9H11BO4. The molecule has 0 aliphatic carbocycles. The lowest BCUT2D eigenvalue weighted by Gasteiger charge is -2.01. The van der Waals surface area contributed by atoms with Crippen LogP contribution in [0.4, 0.5) is 0 Å². The minimum atomic E-state index is -1.36. The van der Waals surface area contributed by atoms with Crippen molar-refractivity contribution in [3.8, 4) is 0 Å². The largest absolute Gasteiger partial charge is 0.465 e. The molecular weight excluding hydrogens is 183 g/mol. The van der Waals surface area contributed by atoms with Gasteiger partial charge in [0, 0.05) is 6.32 Å². The number of carbonyl (C=O) groups is 1. The van der Waals surface area contributed by atoms with E-state index in [1.54, 1.807) is 24.3 Å². The summed E-state index contributed by atoms with van der Waals surface area (Å²) in [5, 5.41) is 17.4. The zero-order valence-electron chi connectivity index (χ0n) is 7.80. The van der Waals surface area contributed by atoms with Crippen LogP contribution in [0.1, 0.15) is 15.9 Å². The summed E-state index contributed by atoms with van der Waals surface area (Å²) in [5.41, 5.74) is 1.20. The molecule has 4 nitrogen and oxygen atoms in total. The van der Waals surface area contributed by atoms with Crippen molar-refractivity contribution in [3.63, 3.8) is 0 Å². The average Bonchev–Trinajstić information content (AvgIpc) is 2.17. The second-order valence-electron chi connectivity index (χ2n) is 2.87. The van der Waals surface area contributed by atoms with Gasteiger partial charge in [-0.1, -0.05) is 12.1 Å². The van der Waals surface area contributed by atoms with Gasteiger partial charge in [0.15, 0.2) is 0 Å². The van der Waals surface area contributed by atoms with Crippen LogP contribution in [0.25, 0.3) is 0 Å². The van der Waals surface area contributed by atoms with Gasteiger partial charge in [0.1, 0.15) is 0 Å². The number of methoxy groups -OCH3 is 1. The third-order valence-electron chi connectivity index (χ3n) is 1.79. The van der Waals surface area contributed by atoms with Crippen LogP contribution in [0.3, 0.4) is 0 Å². The molecule has 0 saturated heterocycles. The maximum Gasteiger partial charge on any atom is 0.456 e. The summed E-state index contributed by atoms with van der Waals surface area (Å²) in [5.74, 6) is -0.402. The summed E-state index contributed by atoms with van der Waals surface area (Å²) < 4.78 is 4.52. The van der Waals surface area contributed by atoms with Crippen LogP contribution in [0, 0.1) is 0 Å². The molecule has 14 heavy (non-hydrogen) atoms. The minimum Gasteiger partial charge on any atom is -0.465 e. The predicted molar refractivity (Wildman–Crippen MR) is 51.7 cm³/mol. The molecule has 0 unspecified atom stereocenters. The minimum absolute atomic E-state index is 0.154. The lowest BCUT2D eigenvalue weighted by atomic mass is 9.82. The third-order valence-corrected chi connectivity index (χ3v) is 1.79. The highest BCUT2D eigenvalue weighted by Gasteiger charge is 2.09. The molecule has 1 rings (SSSR count). The number of hydrogen-bond acceptors (Lipinski definition) is 4.